The fourth-order valence-corrected chi connectivity index (χ4v) is 7.89. The van der Waals surface area contributed by atoms with Gasteiger partial charge < -0.3 is 4.42 Å². The fourth-order valence-electron chi connectivity index (χ4n) is 7.89. The number of aromatic nitrogens is 3. The molecule has 0 N–H and O–H groups in total. The van der Waals surface area contributed by atoms with Crippen molar-refractivity contribution in [2.24, 2.45) is 0 Å². The molecule has 9 aromatic carbocycles. The summed E-state index contributed by atoms with van der Waals surface area (Å²) in [7, 11) is 0. The van der Waals surface area contributed by atoms with Gasteiger partial charge in [-0.25, -0.2) is 15.0 Å². The Bertz CT molecular complexity index is 3260. The van der Waals surface area contributed by atoms with E-state index in [4.69, 9.17) is 19.4 Å². The van der Waals surface area contributed by atoms with E-state index in [9.17, 15) is 0 Å². The summed E-state index contributed by atoms with van der Waals surface area (Å²) >= 11 is 0. The smallest absolute Gasteiger partial charge is 0.164 e. The van der Waals surface area contributed by atoms with Crippen LogP contribution in [0.2, 0.25) is 0 Å². The van der Waals surface area contributed by atoms with E-state index in [1.54, 1.807) is 0 Å². The van der Waals surface area contributed by atoms with Crippen molar-refractivity contribution in [3.05, 3.63) is 188 Å². The lowest BCUT2D eigenvalue weighted by atomic mass is 9.93. The van der Waals surface area contributed by atoms with Gasteiger partial charge in [-0.15, -0.1) is 0 Å². The second-order valence-corrected chi connectivity index (χ2v) is 14.0. The summed E-state index contributed by atoms with van der Waals surface area (Å²) in [6.07, 6.45) is 0. The third kappa shape index (κ3) is 5.43. The lowest BCUT2D eigenvalue weighted by Crippen LogP contribution is -2.00. The highest BCUT2D eigenvalue weighted by atomic mass is 16.3. The molecule has 0 saturated carbocycles. The van der Waals surface area contributed by atoms with Gasteiger partial charge in [-0.05, 0) is 85.4 Å². The monoisotopic (exact) mass is 701 g/mol. The minimum atomic E-state index is 0.592. The Kier molecular flexibility index (Phi) is 7.14. The van der Waals surface area contributed by atoms with Gasteiger partial charge in [0.2, 0.25) is 0 Å². The molecule has 0 radical (unpaired) electrons. The molecule has 0 unspecified atom stereocenters. The SMILES string of the molecule is c1ccc(-c2ccc3cc(-c4c5ccccc5cc5c4oc4cc(-c6nc(-c7ccccc7)nc(-c7ccc8ccccc8c7)n6)ccc45)ccc3c2)cc1. The molecule has 256 valence electrons. The van der Waals surface area contributed by atoms with Crippen LogP contribution in [0.3, 0.4) is 0 Å². The Morgan fingerprint density at radius 3 is 1.56 bits per heavy atom. The van der Waals surface area contributed by atoms with E-state index in [0.717, 1.165) is 60.5 Å². The number of rotatable bonds is 5. The summed E-state index contributed by atoms with van der Waals surface area (Å²) in [6, 6.07) is 65.9. The van der Waals surface area contributed by atoms with Crippen molar-refractivity contribution >= 4 is 54.3 Å². The highest BCUT2D eigenvalue weighted by Gasteiger charge is 2.19. The average molecular weight is 702 g/mol. The van der Waals surface area contributed by atoms with Crippen molar-refractivity contribution in [1.29, 1.82) is 0 Å². The maximum absolute atomic E-state index is 6.90. The number of benzene rings is 9. The molecule has 4 nitrogen and oxygen atoms in total. The third-order valence-corrected chi connectivity index (χ3v) is 10.7. The summed E-state index contributed by atoms with van der Waals surface area (Å²) in [5.41, 5.74) is 9.00. The maximum Gasteiger partial charge on any atom is 0.164 e. The van der Waals surface area contributed by atoms with Crippen molar-refractivity contribution in [2.75, 3.05) is 0 Å². The largest absolute Gasteiger partial charge is 0.455 e. The first-order valence-corrected chi connectivity index (χ1v) is 18.5. The summed E-state index contributed by atoms with van der Waals surface area (Å²) in [6.45, 7) is 0. The number of hydrogen-bond acceptors (Lipinski definition) is 4. The molecule has 0 atom stereocenters. The van der Waals surface area contributed by atoms with Gasteiger partial charge >= 0.3 is 0 Å². The molecule has 0 spiro atoms. The molecule has 0 bridgehead atoms. The normalized spacial score (nSPS) is 11.6. The van der Waals surface area contributed by atoms with E-state index in [1.807, 2.05) is 30.3 Å². The Morgan fingerprint density at radius 2 is 0.800 bits per heavy atom. The predicted octanol–water partition coefficient (Wildman–Crippen LogP) is 13.6. The molecule has 0 amide bonds. The molecule has 2 heterocycles. The lowest BCUT2D eigenvalue weighted by Gasteiger charge is -2.11. The van der Waals surface area contributed by atoms with E-state index in [-0.39, 0.29) is 0 Å². The molecule has 4 heteroatoms. The first-order chi connectivity index (χ1) is 27.2. The quantitative estimate of drug-likeness (QED) is 0.179. The lowest BCUT2D eigenvalue weighted by molar-refractivity contribution is 0.670. The number of hydrogen-bond donors (Lipinski definition) is 0. The highest BCUT2D eigenvalue weighted by molar-refractivity contribution is 6.19. The topological polar surface area (TPSA) is 51.8 Å². The molecule has 0 aliphatic carbocycles. The van der Waals surface area contributed by atoms with Crippen molar-refractivity contribution in [3.63, 3.8) is 0 Å². The van der Waals surface area contributed by atoms with Crippen LogP contribution in [0.25, 0.3) is 111 Å². The minimum Gasteiger partial charge on any atom is -0.455 e. The summed E-state index contributed by atoms with van der Waals surface area (Å²) in [5, 5.41) is 9.14. The Balaban J connectivity index is 1.07. The summed E-state index contributed by atoms with van der Waals surface area (Å²) < 4.78 is 6.90. The molecule has 55 heavy (non-hydrogen) atoms. The average Bonchev–Trinajstić information content (AvgIpc) is 3.62. The zero-order valence-electron chi connectivity index (χ0n) is 29.6. The van der Waals surface area contributed by atoms with Gasteiger partial charge in [0, 0.05) is 33.0 Å². The van der Waals surface area contributed by atoms with Crippen LogP contribution < -0.4 is 0 Å². The first-order valence-electron chi connectivity index (χ1n) is 18.5. The van der Waals surface area contributed by atoms with Gasteiger partial charge in [0.05, 0.1) is 0 Å². The zero-order valence-corrected chi connectivity index (χ0v) is 29.6. The standard InChI is InChI=1S/C51H31N3O/c1-3-11-32(12-4-1)36-20-21-38-28-40(23-22-37(38)27-36)47-43-18-10-9-17-39(43)30-45-44-26-25-42(31-46(44)55-48(45)47)51-53-49(34-14-5-2-6-15-34)52-50(54-51)41-24-19-33-13-7-8-16-35(33)29-41/h1-31H. The molecule has 2 aromatic heterocycles. The molecule has 11 aromatic rings. The van der Waals surface area contributed by atoms with E-state index < -0.39 is 0 Å². The molecule has 0 aliphatic heterocycles. The van der Waals surface area contributed by atoms with E-state index in [0.29, 0.717) is 17.5 Å². The van der Waals surface area contributed by atoms with Crippen molar-refractivity contribution in [2.45, 2.75) is 0 Å². The van der Waals surface area contributed by atoms with Crippen LogP contribution in [0.4, 0.5) is 0 Å². The first kappa shape index (κ1) is 31.1. The van der Waals surface area contributed by atoms with Crippen LogP contribution in [-0.2, 0) is 0 Å². The maximum atomic E-state index is 6.90. The predicted molar refractivity (Wildman–Crippen MR) is 227 cm³/mol. The van der Waals surface area contributed by atoms with E-state index in [1.165, 1.54) is 32.7 Å². The van der Waals surface area contributed by atoms with Gasteiger partial charge in [0.25, 0.3) is 0 Å². The third-order valence-electron chi connectivity index (χ3n) is 10.7. The minimum absolute atomic E-state index is 0.592. The van der Waals surface area contributed by atoms with Gasteiger partial charge in [0.1, 0.15) is 11.2 Å². The van der Waals surface area contributed by atoms with E-state index >= 15 is 0 Å². The van der Waals surface area contributed by atoms with Crippen LogP contribution in [0, 0.1) is 0 Å². The molecule has 11 rings (SSSR count). The van der Waals surface area contributed by atoms with Gasteiger partial charge in [0.15, 0.2) is 17.5 Å². The van der Waals surface area contributed by atoms with Crippen molar-refractivity contribution in [3.8, 4) is 56.4 Å². The van der Waals surface area contributed by atoms with Crippen LogP contribution >= 0.6 is 0 Å². The van der Waals surface area contributed by atoms with Crippen molar-refractivity contribution in [1.82, 2.24) is 15.0 Å². The van der Waals surface area contributed by atoms with E-state index in [2.05, 4.69) is 158 Å². The summed E-state index contributed by atoms with van der Waals surface area (Å²) in [5.74, 6) is 1.84. The van der Waals surface area contributed by atoms with Crippen LogP contribution in [-0.4, -0.2) is 15.0 Å². The van der Waals surface area contributed by atoms with Crippen LogP contribution in [0.5, 0.6) is 0 Å². The van der Waals surface area contributed by atoms with Gasteiger partial charge in [-0.3, -0.25) is 0 Å². The highest BCUT2D eigenvalue weighted by Crippen LogP contribution is 2.43. The van der Waals surface area contributed by atoms with Crippen molar-refractivity contribution < 1.29 is 4.42 Å². The zero-order chi connectivity index (χ0) is 36.3. The van der Waals surface area contributed by atoms with Gasteiger partial charge in [-0.2, -0.15) is 0 Å². The Hall–Kier alpha value is -7.43. The number of fused-ring (bicyclic) bond motifs is 6. The Labute approximate surface area is 317 Å². The second kappa shape index (κ2) is 12.6. The Morgan fingerprint density at radius 1 is 0.291 bits per heavy atom. The number of furan rings is 1. The number of nitrogens with zero attached hydrogens (tertiary/aromatic N) is 3. The second-order valence-electron chi connectivity index (χ2n) is 14.0. The molecule has 0 fully saturated rings. The summed E-state index contributed by atoms with van der Waals surface area (Å²) in [4.78, 5) is 15.1. The molecule has 0 aliphatic rings. The van der Waals surface area contributed by atoms with Crippen LogP contribution in [0.1, 0.15) is 0 Å². The molecular formula is C51H31N3O. The van der Waals surface area contributed by atoms with Crippen LogP contribution in [0.15, 0.2) is 192 Å². The molecule has 0 saturated heterocycles. The fraction of sp³-hybridized carbons (Fsp3) is 0. The molecular weight excluding hydrogens is 671 g/mol. The van der Waals surface area contributed by atoms with Gasteiger partial charge in [-0.1, -0.05) is 152 Å².